The number of alkyl halides is 5. The predicted octanol–water partition coefficient (Wildman–Crippen LogP) is 4.99. The van der Waals surface area contributed by atoms with E-state index in [2.05, 4.69) is 0 Å². The molecule has 0 unspecified atom stereocenters. The number of ether oxygens (including phenoxy) is 1. The number of rotatable bonds is 4. The first-order valence-corrected chi connectivity index (χ1v) is 14.0. The zero-order chi connectivity index (χ0) is 26.1. The van der Waals surface area contributed by atoms with Crippen molar-refractivity contribution in [1.29, 1.82) is 0 Å². The molecule has 0 amide bonds. The van der Waals surface area contributed by atoms with Crippen molar-refractivity contribution in [3.05, 3.63) is 23.8 Å². The average Bonchev–Trinajstić information content (AvgIpc) is 2.99. The normalized spacial score (nSPS) is 47.4. The second-order valence-electron chi connectivity index (χ2n) is 10.6. The summed E-state index contributed by atoms with van der Waals surface area (Å²) < 4.78 is 38.7. The maximum atomic E-state index is 17.3. The molecule has 0 aromatic rings. The maximum absolute atomic E-state index is 17.3. The molecule has 0 aromatic carbocycles. The Morgan fingerprint density at radius 3 is 2.57 bits per heavy atom. The lowest BCUT2D eigenvalue weighted by Crippen LogP contribution is -2.71. The van der Waals surface area contributed by atoms with Crippen LogP contribution in [-0.2, 0) is 14.3 Å². The first-order valence-electron chi connectivity index (χ1n) is 11.5. The highest BCUT2D eigenvalue weighted by molar-refractivity contribution is 7.99. The van der Waals surface area contributed by atoms with Gasteiger partial charge in [-0.05, 0) is 49.8 Å². The third kappa shape index (κ3) is 3.57. The van der Waals surface area contributed by atoms with Crippen LogP contribution in [-0.4, -0.2) is 60.6 Å². The van der Waals surface area contributed by atoms with Gasteiger partial charge >= 0.3 is 5.97 Å². The number of aliphatic hydroxyl groups is 2. The van der Waals surface area contributed by atoms with Gasteiger partial charge in [-0.2, -0.15) is 11.4 Å². The van der Waals surface area contributed by atoms with Crippen LogP contribution in [0.2, 0.25) is 0 Å². The standard InChI is InChI=1S/C24H29Cl3F2O5S/c1-11-6-13-14-8-16(28)15-7-12(30)4-5-21(15,2)23(14,29)17(31)9-22(13,3)24(11,20(33)35-10-25)34-19(32)18(26)27/h4-5,7,11,13-14,16-18,31,33,35H,6,8-10H2,1-3H3/t11-,13+,14+,16+,17+,21+,22+,23+,24-/m1/s1. The van der Waals surface area contributed by atoms with Crippen molar-refractivity contribution >= 4 is 63.0 Å². The van der Waals surface area contributed by atoms with Gasteiger partial charge in [0.15, 0.2) is 17.1 Å². The molecule has 4 aliphatic rings. The van der Waals surface area contributed by atoms with E-state index in [-0.39, 0.29) is 46.4 Å². The predicted molar refractivity (Wildman–Crippen MR) is 135 cm³/mol. The molecule has 35 heavy (non-hydrogen) atoms. The van der Waals surface area contributed by atoms with Gasteiger partial charge in [-0.15, -0.1) is 11.6 Å². The van der Waals surface area contributed by atoms with Crippen molar-refractivity contribution < 1.29 is 33.3 Å². The van der Waals surface area contributed by atoms with Gasteiger partial charge in [0.05, 0.1) is 11.3 Å². The minimum atomic E-state index is -2.29. The Labute approximate surface area is 221 Å². The van der Waals surface area contributed by atoms with Gasteiger partial charge in [0.25, 0.3) is 0 Å². The Morgan fingerprint density at radius 2 is 1.97 bits per heavy atom. The number of fused-ring (bicyclic) bond motifs is 5. The van der Waals surface area contributed by atoms with Crippen molar-refractivity contribution in [1.82, 2.24) is 0 Å². The Morgan fingerprint density at radius 1 is 1.31 bits per heavy atom. The zero-order valence-corrected chi connectivity index (χ0v) is 22.6. The lowest BCUT2D eigenvalue weighted by Gasteiger charge is -2.63. The Balaban J connectivity index is 1.89. The van der Waals surface area contributed by atoms with E-state index >= 15 is 8.78 Å². The minimum absolute atomic E-state index is 0.000410. The van der Waals surface area contributed by atoms with E-state index < -0.39 is 68.7 Å². The molecular formula is C24H29Cl3F2O5S. The molecule has 9 atom stereocenters. The number of hydrogen-bond donors (Lipinski definition) is 3. The number of aliphatic hydroxyl groups excluding tert-OH is 2. The Hall–Kier alpha value is -0.510. The first-order chi connectivity index (χ1) is 16.2. The van der Waals surface area contributed by atoms with Crippen LogP contribution in [0, 0.1) is 28.6 Å². The molecule has 11 heteroatoms. The van der Waals surface area contributed by atoms with Crippen LogP contribution >= 0.6 is 46.2 Å². The summed E-state index contributed by atoms with van der Waals surface area (Å²) >= 11 is 17.7. The third-order valence-electron chi connectivity index (χ3n) is 9.15. The van der Waals surface area contributed by atoms with Crippen molar-refractivity contribution in [3.8, 4) is 0 Å². The van der Waals surface area contributed by atoms with E-state index in [0.717, 1.165) is 6.08 Å². The summed E-state index contributed by atoms with van der Waals surface area (Å²) in [5.74, 6) is -3.52. The molecule has 0 heterocycles. The van der Waals surface area contributed by atoms with Crippen molar-refractivity contribution in [2.24, 2.45) is 28.6 Å². The number of thiol groups is 1. The summed E-state index contributed by atoms with van der Waals surface area (Å²) in [6, 6.07) is 0. The number of esters is 1. The summed E-state index contributed by atoms with van der Waals surface area (Å²) in [4.78, 5) is 23.1. The fraction of sp³-hybridized carbons (Fsp3) is 0.708. The average molecular weight is 574 g/mol. The molecule has 0 saturated heterocycles. The molecule has 2 N–H and O–H groups in total. The van der Waals surface area contributed by atoms with Gasteiger partial charge in [-0.25, -0.2) is 13.6 Å². The Kier molecular flexibility index (Phi) is 7.12. The first kappa shape index (κ1) is 27.5. The minimum Gasteiger partial charge on any atom is -0.449 e. The number of carbonyl (C=O) groups excluding carboxylic acids is 2. The lowest BCUT2D eigenvalue weighted by atomic mass is 9.44. The summed E-state index contributed by atoms with van der Waals surface area (Å²) in [6.45, 7) is 4.98. The molecule has 0 spiro atoms. The quantitative estimate of drug-likeness (QED) is 0.191. The number of hydrogen-bond acceptors (Lipinski definition) is 4. The van der Waals surface area contributed by atoms with Crippen LogP contribution in [0.25, 0.3) is 0 Å². The van der Waals surface area contributed by atoms with Crippen molar-refractivity contribution in [2.75, 3.05) is 5.21 Å². The SMILES string of the molecule is C[C@@H]1C[C@H]2[C@@H]3C[C@H](F)C4=CC(=O)C=C[C@]4(C)[C@@]3(F)[C@@H](O)C[C@]2(C)[C@]1(OC(=O)C(Cl)Cl)C(O)=[SH]CCl. The van der Waals surface area contributed by atoms with Gasteiger partial charge in [0.1, 0.15) is 11.2 Å². The van der Waals surface area contributed by atoms with E-state index in [0.29, 0.717) is 0 Å². The summed E-state index contributed by atoms with van der Waals surface area (Å²) in [6.07, 6.45) is 0.334. The molecule has 0 aromatic heterocycles. The molecule has 4 aliphatic carbocycles. The number of halogens is 5. The van der Waals surface area contributed by atoms with Gasteiger partial charge in [0.2, 0.25) is 4.84 Å². The van der Waals surface area contributed by atoms with Crippen LogP contribution in [0.3, 0.4) is 0 Å². The van der Waals surface area contributed by atoms with Crippen molar-refractivity contribution in [3.63, 3.8) is 0 Å². The highest BCUT2D eigenvalue weighted by Crippen LogP contribution is 2.71. The molecule has 0 bridgehead atoms. The molecule has 3 saturated carbocycles. The largest absolute Gasteiger partial charge is 0.449 e. The second kappa shape index (κ2) is 9.05. The highest BCUT2D eigenvalue weighted by atomic mass is 35.5. The van der Waals surface area contributed by atoms with Crippen LogP contribution in [0.5, 0.6) is 0 Å². The van der Waals surface area contributed by atoms with Gasteiger partial charge in [-0.3, -0.25) is 4.79 Å². The smallest absolute Gasteiger partial charge is 0.340 e. The maximum Gasteiger partial charge on any atom is 0.340 e. The molecule has 0 aliphatic heterocycles. The van der Waals surface area contributed by atoms with E-state index in [9.17, 15) is 19.8 Å². The second-order valence-corrected chi connectivity index (χ2v) is 13.3. The third-order valence-corrected chi connectivity index (χ3v) is 10.6. The van der Waals surface area contributed by atoms with E-state index in [1.807, 2.05) is 0 Å². The zero-order valence-electron chi connectivity index (χ0n) is 19.5. The monoisotopic (exact) mass is 572 g/mol. The fourth-order valence-corrected chi connectivity index (χ4v) is 8.94. The van der Waals surface area contributed by atoms with E-state index in [4.69, 9.17) is 39.5 Å². The molecule has 4 rings (SSSR count). The van der Waals surface area contributed by atoms with Crippen LogP contribution < -0.4 is 0 Å². The number of ketones is 1. The molecule has 3 fully saturated rings. The molecular weight excluding hydrogens is 545 g/mol. The van der Waals surface area contributed by atoms with Crippen LogP contribution in [0.15, 0.2) is 23.8 Å². The lowest BCUT2D eigenvalue weighted by molar-refractivity contribution is -0.221. The fourth-order valence-electron chi connectivity index (χ4n) is 7.64. The summed E-state index contributed by atoms with van der Waals surface area (Å²) in [5.41, 5.74) is -6.65. The van der Waals surface area contributed by atoms with Crippen molar-refractivity contribution in [2.45, 2.75) is 68.4 Å². The highest BCUT2D eigenvalue weighted by Gasteiger charge is 2.77. The van der Waals surface area contributed by atoms with Crippen LogP contribution in [0.4, 0.5) is 8.78 Å². The van der Waals surface area contributed by atoms with Crippen LogP contribution in [0.1, 0.15) is 40.0 Å². The Bertz CT molecular complexity index is 1040. The molecule has 5 nitrogen and oxygen atoms in total. The summed E-state index contributed by atoms with van der Waals surface area (Å²) in [5, 5.41) is 22.4. The topological polar surface area (TPSA) is 83.8 Å². The number of allylic oxidation sites excluding steroid dienone is 4. The van der Waals surface area contributed by atoms with Gasteiger partial charge < -0.3 is 14.9 Å². The van der Waals surface area contributed by atoms with E-state index in [1.54, 1.807) is 13.8 Å². The molecule has 0 radical (unpaired) electrons. The van der Waals surface area contributed by atoms with E-state index in [1.165, 1.54) is 19.1 Å². The number of carbonyl (C=O) groups is 2. The van der Waals surface area contributed by atoms with Gasteiger partial charge in [0, 0.05) is 22.7 Å². The molecule has 196 valence electrons. The summed E-state index contributed by atoms with van der Waals surface area (Å²) in [7, 11) is 0. The van der Waals surface area contributed by atoms with Gasteiger partial charge in [-0.1, -0.05) is 43.1 Å².